The molecular formula is C11H21BrN2O2. The molecule has 0 rings (SSSR count). The molecule has 0 aromatic carbocycles. The van der Waals surface area contributed by atoms with E-state index in [1.54, 1.807) is 0 Å². The lowest BCUT2D eigenvalue weighted by atomic mass is 10.0. The van der Waals surface area contributed by atoms with Gasteiger partial charge in [-0.1, -0.05) is 36.2 Å². The average molecular weight is 293 g/mol. The fourth-order valence-corrected chi connectivity index (χ4v) is 2.08. The zero-order valence-electron chi connectivity index (χ0n) is 9.96. The summed E-state index contributed by atoms with van der Waals surface area (Å²) >= 11 is 3.39. The van der Waals surface area contributed by atoms with Crippen molar-refractivity contribution in [1.82, 2.24) is 5.32 Å². The summed E-state index contributed by atoms with van der Waals surface area (Å²) in [6.45, 7) is 3.91. The Hall–Kier alpha value is -0.580. The first-order valence-corrected chi connectivity index (χ1v) is 6.81. The molecule has 0 aromatic heterocycles. The minimum absolute atomic E-state index is 0.0939. The molecule has 4 nitrogen and oxygen atoms in total. The second kappa shape index (κ2) is 8.56. The van der Waals surface area contributed by atoms with Crippen LogP contribution in [0.4, 0.5) is 0 Å². The van der Waals surface area contributed by atoms with E-state index in [2.05, 4.69) is 28.2 Å². The van der Waals surface area contributed by atoms with Crippen LogP contribution in [0.5, 0.6) is 0 Å². The number of primary amides is 1. The van der Waals surface area contributed by atoms with Gasteiger partial charge in [0.25, 0.3) is 0 Å². The number of nitrogens with one attached hydrogen (secondary N) is 1. The molecule has 0 saturated carbocycles. The predicted molar refractivity (Wildman–Crippen MR) is 68.2 cm³/mol. The SMILES string of the molecule is CCC[C@@H](CBr)CC(=O)N[C@H](CC)C(N)=O. The highest BCUT2D eigenvalue weighted by Crippen LogP contribution is 2.14. The van der Waals surface area contributed by atoms with Gasteiger partial charge >= 0.3 is 0 Å². The first kappa shape index (κ1) is 15.4. The minimum Gasteiger partial charge on any atom is -0.368 e. The predicted octanol–water partition coefficient (Wildman–Crippen LogP) is 1.57. The van der Waals surface area contributed by atoms with Crippen LogP contribution in [0.1, 0.15) is 39.5 Å². The zero-order chi connectivity index (χ0) is 12.6. The van der Waals surface area contributed by atoms with Crippen LogP contribution in [0.15, 0.2) is 0 Å². The molecule has 0 saturated heterocycles. The van der Waals surface area contributed by atoms with E-state index in [9.17, 15) is 9.59 Å². The standard InChI is InChI=1S/C11H21BrN2O2/c1-3-5-8(7-12)6-10(15)14-9(4-2)11(13)16/h8-9H,3-7H2,1-2H3,(H2,13,16)(H,14,15)/t8-,9-/m1/s1. The molecule has 0 spiro atoms. The third-order valence-electron chi connectivity index (χ3n) is 2.48. The van der Waals surface area contributed by atoms with Crippen molar-refractivity contribution in [1.29, 1.82) is 0 Å². The van der Waals surface area contributed by atoms with Gasteiger partial charge < -0.3 is 11.1 Å². The van der Waals surface area contributed by atoms with Crippen molar-refractivity contribution in [2.24, 2.45) is 11.7 Å². The molecule has 16 heavy (non-hydrogen) atoms. The summed E-state index contributed by atoms with van der Waals surface area (Å²) in [7, 11) is 0. The van der Waals surface area contributed by atoms with E-state index < -0.39 is 11.9 Å². The topological polar surface area (TPSA) is 72.2 Å². The number of carbonyl (C=O) groups is 2. The first-order chi connectivity index (χ1) is 7.54. The fourth-order valence-electron chi connectivity index (χ4n) is 1.53. The molecular weight excluding hydrogens is 272 g/mol. The van der Waals surface area contributed by atoms with Crippen LogP contribution < -0.4 is 11.1 Å². The van der Waals surface area contributed by atoms with Gasteiger partial charge in [0.1, 0.15) is 6.04 Å². The molecule has 0 heterocycles. The van der Waals surface area contributed by atoms with Crippen LogP contribution in [0, 0.1) is 5.92 Å². The molecule has 0 radical (unpaired) electrons. The quantitative estimate of drug-likeness (QED) is 0.667. The lowest BCUT2D eigenvalue weighted by Gasteiger charge is -2.16. The van der Waals surface area contributed by atoms with E-state index in [4.69, 9.17) is 5.73 Å². The van der Waals surface area contributed by atoms with Crippen molar-refractivity contribution in [2.45, 2.75) is 45.6 Å². The van der Waals surface area contributed by atoms with Crippen molar-refractivity contribution in [3.8, 4) is 0 Å². The number of amides is 2. The smallest absolute Gasteiger partial charge is 0.239 e. The van der Waals surface area contributed by atoms with E-state index in [1.807, 2.05) is 6.92 Å². The summed E-state index contributed by atoms with van der Waals surface area (Å²) in [6, 6.07) is -0.537. The molecule has 2 atom stereocenters. The summed E-state index contributed by atoms with van der Waals surface area (Å²) in [5.74, 6) is -0.235. The van der Waals surface area contributed by atoms with Crippen molar-refractivity contribution in [2.75, 3.05) is 5.33 Å². The molecule has 0 aliphatic rings. The van der Waals surface area contributed by atoms with Crippen molar-refractivity contribution in [3.63, 3.8) is 0 Å². The van der Waals surface area contributed by atoms with E-state index in [1.165, 1.54) is 0 Å². The molecule has 0 bridgehead atoms. The zero-order valence-corrected chi connectivity index (χ0v) is 11.5. The number of halogens is 1. The first-order valence-electron chi connectivity index (χ1n) is 5.69. The highest BCUT2D eigenvalue weighted by molar-refractivity contribution is 9.09. The molecule has 0 fully saturated rings. The van der Waals surface area contributed by atoms with Crippen LogP contribution >= 0.6 is 15.9 Å². The Kier molecular flexibility index (Phi) is 8.25. The molecule has 5 heteroatoms. The van der Waals surface area contributed by atoms with Gasteiger partial charge in [0, 0.05) is 11.8 Å². The molecule has 2 amide bonds. The van der Waals surface area contributed by atoms with Gasteiger partial charge in [0.15, 0.2) is 0 Å². The highest BCUT2D eigenvalue weighted by Gasteiger charge is 2.18. The number of hydrogen-bond acceptors (Lipinski definition) is 2. The molecule has 94 valence electrons. The summed E-state index contributed by atoms with van der Waals surface area (Å²) in [5, 5.41) is 3.46. The maximum atomic E-state index is 11.6. The van der Waals surface area contributed by atoms with Crippen LogP contribution in [0.2, 0.25) is 0 Å². The monoisotopic (exact) mass is 292 g/mol. The third kappa shape index (κ3) is 6.10. The summed E-state index contributed by atoms with van der Waals surface area (Å²) < 4.78 is 0. The maximum absolute atomic E-state index is 11.6. The number of rotatable bonds is 8. The van der Waals surface area contributed by atoms with E-state index in [-0.39, 0.29) is 5.91 Å². The van der Waals surface area contributed by atoms with Gasteiger partial charge in [-0.15, -0.1) is 0 Å². The van der Waals surface area contributed by atoms with Crippen molar-refractivity contribution >= 4 is 27.7 Å². The lowest BCUT2D eigenvalue weighted by molar-refractivity contribution is -0.127. The minimum atomic E-state index is -0.537. The Morgan fingerprint density at radius 3 is 2.38 bits per heavy atom. The van der Waals surface area contributed by atoms with Crippen molar-refractivity contribution in [3.05, 3.63) is 0 Å². The number of nitrogens with two attached hydrogens (primary N) is 1. The molecule has 0 unspecified atom stereocenters. The average Bonchev–Trinajstić information content (AvgIpc) is 2.24. The van der Waals surface area contributed by atoms with Gasteiger partial charge in [-0.3, -0.25) is 9.59 Å². The van der Waals surface area contributed by atoms with Crippen LogP contribution in [-0.2, 0) is 9.59 Å². The fraction of sp³-hybridized carbons (Fsp3) is 0.818. The highest BCUT2D eigenvalue weighted by atomic mass is 79.9. The van der Waals surface area contributed by atoms with Crippen molar-refractivity contribution < 1.29 is 9.59 Å². The Labute approximate surface area is 105 Å². The summed E-state index contributed by atoms with van der Waals surface area (Å²) in [4.78, 5) is 22.6. The van der Waals surface area contributed by atoms with E-state index in [0.717, 1.165) is 18.2 Å². The van der Waals surface area contributed by atoms with Gasteiger partial charge in [-0.25, -0.2) is 0 Å². The summed E-state index contributed by atoms with van der Waals surface area (Å²) in [6.07, 6.45) is 3.04. The van der Waals surface area contributed by atoms with Crippen LogP contribution in [-0.4, -0.2) is 23.2 Å². The lowest BCUT2D eigenvalue weighted by Crippen LogP contribution is -2.44. The Bertz CT molecular complexity index is 234. The van der Waals surface area contributed by atoms with Crippen LogP contribution in [0.25, 0.3) is 0 Å². The van der Waals surface area contributed by atoms with Gasteiger partial charge in [-0.2, -0.15) is 0 Å². The van der Waals surface area contributed by atoms with Gasteiger partial charge in [0.05, 0.1) is 0 Å². The number of alkyl halides is 1. The Morgan fingerprint density at radius 1 is 1.38 bits per heavy atom. The molecule has 0 aromatic rings. The normalized spacial score (nSPS) is 14.2. The second-order valence-corrected chi connectivity index (χ2v) is 4.59. The maximum Gasteiger partial charge on any atom is 0.239 e. The number of hydrogen-bond donors (Lipinski definition) is 2. The molecule has 3 N–H and O–H groups in total. The number of carbonyl (C=O) groups excluding carboxylic acids is 2. The van der Waals surface area contributed by atoms with Gasteiger partial charge in [-0.05, 0) is 18.8 Å². The largest absolute Gasteiger partial charge is 0.368 e. The molecule has 0 aliphatic heterocycles. The summed E-state index contributed by atoms with van der Waals surface area (Å²) in [5.41, 5.74) is 5.15. The Balaban J connectivity index is 4.09. The van der Waals surface area contributed by atoms with Crippen LogP contribution in [0.3, 0.4) is 0 Å². The van der Waals surface area contributed by atoms with E-state index >= 15 is 0 Å². The third-order valence-corrected chi connectivity index (χ3v) is 3.39. The second-order valence-electron chi connectivity index (χ2n) is 3.94. The molecule has 0 aliphatic carbocycles. The Morgan fingerprint density at radius 2 is 2.00 bits per heavy atom. The van der Waals surface area contributed by atoms with Gasteiger partial charge in [0.2, 0.25) is 11.8 Å². The van der Waals surface area contributed by atoms with E-state index in [0.29, 0.717) is 18.8 Å².